The number of aliphatic carboxylic acids is 1. The Hall–Kier alpha value is -1.35. The molecule has 0 amide bonds. The van der Waals surface area contributed by atoms with Gasteiger partial charge in [-0.05, 0) is 43.1 Å². The van der Waals surface area contributed by atoms with Crippen molar-refractivity contribution in [1.29, 1.82) is 0 Å². The van der Waals surface area contributed by atoms with Gasteiger partial charge in [0.15, 0.2) is 0 Å². The van der Waals surface area contributed by atoms with Crippen LogP contribution < -0.4 is 0 Å². The van der Waals surface area contributed by atoms with E-state index in [4.69, 9.17) is 0 Å². The maximum Gasteiger partial charge on any atom is 0.309 e. The predicted octanol–water partition coefficient (Wildman–Crippen LogP) is 3.22. The smallest absolute Gasteiger partial charge is 0.309 e. The minimum Gasteiger partial charge on any atom is -0.481 e. The molecule has 0 spiro atoms. The first-order chi connectivity index (χ1) is 9.27. The Bertz CT molecular complexity index is 480. The van der Waals surface area contributed by atoms with Crippen molar-refractivity contribution in [2.75, 3.05) is 0 Å². The molecule has 0 bridgehead atoms. The van der Waals surface area contributed by atoms with Crippen LogP contribution in [0, 0.1) is 11.3 Å². The van der Waals surface area contributed by atoms with E-state index in [-0.39, 0.29) is 11.3 Å². The summed E-state index contributed by atoms with van der Waals surface area (Å²) in [6.45, 7) is 6.02. The zero-order valence-electron chi connectivity index (χ0n) is 12.5. The summed E-state index contributed by atoms with van der Waals surface area (Å²) in [6.07, 6.45) is 1.13. The number of carboxylic acids is 1. The van der Waals surface area contributed by atoms with Gasteiger partial charge in [-0.2, -0.15) is 0 Å². The van der Waals surface area contributed by atoms with Crippen LogP contribution >= 0.6 is 0 Å². The number of benzene rings is 1. The Morgan fingerprint density at radius 3 is 2.40 bits per heavy atom. The van der Waals surface area contributed by atoms with E-state index in [2.05, 4.69) is 26.0 Å². The van der Waals surface area contributed by atoms with E-state index in [9.17, 15) is 15.0 Å². The van der Waals surface area contributed by atoms with Gasteiger partial charge in [0.2, 0.25) is 0 Å². The van der Waals surface area contributed by atoms with Crippen molar-refractivity contribution in [3.63, 3.8) is 0 Å². The fraction of sp³-hybridized carbons (Fsp3) is 0.588. The zero-order valence-corrected chi connectivity index (χ0v) is 12.5. The summed E-state index contributed by atoms with van der Waals surface area (Å²) in [4.78, 5) is 11.3. The Morgan fingerprint density at radius 2 is 1.90 bits per heavy atom. The summed E-state index contributed by atoms with van der Waals surface area (Å²) in [7, 11) is 0. The topological polar surface area (TPSA) is 57.5 Å². The monoisotopic (exact) mass is 276 g/mol. The average Bonchev–Trinajstić information content (AvgIpc) is 2.39. The van der Waals surface area contributed by atoms with Gasteiger partial charge in [-0.25, -0.2) is 0 Å². The molecule has 0 aromatic heterocycles. The standard InChI is InChI=1S/C17H24O3/c1-16(2,12-7-5-4-6-8-12)13-9-10-17(3,15(19)20)11-14(13)18/h4-8,13-14,18H,9-11H2,1-3H3,(H,19,20). The highest BCUT2D eigenvalue weighted by Gasteiger charge is 2.47. The summed E-state index contributed by atoms with van der Waals surface area (Å²) in [5.41, 5.74) is 0.256. The van der Waals surface area contributed by atoms with Gasteiger partial charge in [0.1, 0.15) is 0 Å². The normalized spacial score (nSPS) is 31.0. The van der Waals surface area contributed by atoms with Gasteiger partial charge < -0.3 is 10.2 Å². The van der Waals surface area contributed by atoms with Gasteiger partial charge in [-0.1, -0.05) is 44.2 Å². The second-order valence-corrected chi connectivity index (χ2v) is 6.87. The molecule has 3 atom stereocenters. The van der Waals surface area contributed by atoms with E-state index in [1.807, 2.05) is 18.2 Å². The predicted molar refractivity (Wildman–Crippen MR) is 78.6 cm³/mol. The molecular formula is C17H24O3. The van der Waals surface area contributed by atoms with E-state index in [0.717, 1.165) is 6.42 Å². The number of aliphatic hydroxyl groups excluding tert-OH is 1. The lowest BCUT2D eigenvalue weighted by molar-refractivity contribution is -0.154. The van der Waals surface area contributed by atoms with Crippen molar-refractivity contribution < 1.29 is 15.0 Å². The fourth-order valence-electron chi connectivity index (χ4n) is 3.49. The molecule has 1 fully saturated rings. The van der Waals surface area contributed by atoms with Crippen LogP contribution in [0.25, 0.3) is 0 Å². The number of aliphatic hydroxyl groups is 1. The van der Waals surface area contributed by atoms with E-state index in [1.165, 1.54) is 5.56 Å². The van der Waals surface area contributed by atoms with Gasteiger partial charge in [0.25, 0.3) is 0 Å². The second kappa shape index (κ2) is 5.21. The number of hydrogen-bond donors (Lipinski definition) is 2. The van der Waals surface area contributed by atoms with Crippen molar-refractivity contribution in [1.82, 2.24) is 0 Å². The quantitative estimate of drug-likeness (QED) is 0.891. The van der Waals surface area contributed by atoms with E-state index in [1.54, 1.807) is 6.92 Å². The molecule has 1 saturated carbocycles. The van der Waals surface area contributed by atoms with Crippen molar-refractivity contribution in [2.45, 2.75) is 51.6 Å². The first-order valence-electron chi connectivity index (χ1n) is 7.24. The van der Waals surface area contributed by atoms with Crippen LogP contribution in [0.1, 0.15) is 45.6 Å². The first kappa shape index (κ1) is 15.0. The molecule has 2 rings (SSSR count). The molecule has 110 valence electrons. The summed E-state index contributed by atoms with van der Waals surface area (Å²) in [6, 6.07) is 10.2. The van der Waals surface area contributed by atoms with Crippen LogP contribution in [0.3, 0.4) is 0 Å². The molecule has 3 heteroatoms. The highest BCUT2D eigenvalue weighted by atomic mass is 16.4. The van der Waals surface area contributed by atoms with Gasteiger partial charge in [0, 0.05) is 0 Å². The first-order valence-corrected chi connectivity index (χ1v) is 7.24. The SMILES string of the molecule is CC1(C(=O)O)CCC(C(C)(C)c2ccccc2)C(O)C1. The molecule has 0 radical (unpaired) electrons. The van der Waals surface area contributed by atoms with Crippen molar-refractivity contribution in [3.8, 4) is 0 Å². The molecule has 0 saturated heterocycles. The van der Waals surface area contributed by atoms with Gasteiger partial charge >= 0.3 is 5.97 Å². The third kappa shape index (κ3) is 2.59. The van der Waals surface area contributed by atoms with Gasteiger partial charge in [-0.15, -0.1) is 0 Å². The Kier molecular flexibility index (Phi) is 3.92. The van der Waals surface area contributed by atoms with Crippen LogP contribution in [0.5, 0.6) is 0 Å². The van der Waals surface area contributed by atoms with Crippen LogP contribution in [0.4, 0.5) is 0 Å². The minimum absolute atomic E-state index is 0.0947. The van der Waals surface area contributed by atoms with Crippen LogP contribution in [-0.4, -0.2) is 22.3 Å². The molecule has 3 unspecified atom stereocenters. The average molecular weight is 276 g/mol. The maximum absolute atomic E-state index is 11.3. The Labute approximate surface area is 120 Å². The molecule has 2 N–H and O–H groups in total. The van der Waals surface area contributed by atoms with Crippen LogP contribution in [0.15, 0.2) is 30.3 Å². The molecule has 20 heavy (non-hydrogen) atoms. The summed E-state index contributed by atoms with van der Waals surface area (Å²) in [5, 5.41) is 19.8. The molecule has 1 aromatic rings. The van der Waals surface area contributed by atoms with Gasteiger partial charge in [-0.3, -0.25) is 4.79 Å². The highest BCUT2D eigenvalue weighted by molar-refractivity contribution is 5.74. The summed E-state index contributed by atoms with van der Waals surface area (Å²) < 4.78 is 0. The van der Waals surface area contributed by atoms with E-state index < -0.39 is 17.5 Å². The lowest BCUT2D eigenvalue weighted by Gasteiger charge is -2.45. The van der Waals surface area contributed by atoms with Crippen molar-refractivity contribution in [3.05, 3.63) is 35.9 Å². The van der Waals surface area contributed by atoms with Crippen molar-refractivity contribution in [2.24, 2.45) is 11.3 Å². The van der Waals surface area contributed by atoms with E-state index in [0.29, 0.717) is 12.8 Å². The lowest BCUT2D eigenvalue weighted by Crippen LogP contribution is -2.46. The maximum atomic E-state index is 11.3. The zero-order chi connectivity index (χ0) is 15.0. The van der Waals surface area contributed by atoms with E-state index >= 15 is 0 Å². The molecule has 3 nitrogen and oxygen atoms in total. The minimum atomic E-state index is -0.799. The second-order valence-electron chi connectivity index (χ2n) is 6.87. The third-order valence-electron chi connectivity index (χ3n) is 5.09. The largest absolute Gasteiger partial charge is 0.481 e. The molecule has 0 aliphatic heterocycles. The molecule has 1 aromatic carbocycles. The Balaban J connectivity index is 2.21. The highest BCUT2D eigenvalue weighted by Crippen LogP contribution is 2.46. The molecule has 1 aliphatic rings. The molecular weight excluding hydrogens is 252 g/mol. The Morgan fingerprint density at radius 1 is 1.30 bits per heavy atom. The summed E-state index contributed by atoms with van der Waals surface area (Å²) in [5.74, 6) is -0.704. The number of hydrogen-bond acceptors (Lipinski definition) is 2. The van der Waals surface area contributed by atoms with Gasteiger partial charge in [0.05, 0.1) is 11.5 Å². The fourth-order valence-corrected chi connectivity index (χ4v) is 3.49. The number of carbonyl (C=O) groups is 1. The number of carboxylic acid groups (broad SMARTS) is 1. The molecule has 0 heterocycles. The summed E-state index contributed by atoms with van der Waals surface area (Å²) >= 11 is 0. The molecule has 1 aliphatic carbocycles. The van der Waals surface area contributed by atoms with Crippen LogP contribution in [0.2, 0.25) is 0 Å². The van der Waals surface area contributed by atoms with Crippen molar-refractivity contribution >= 4 is 5.97 Å². The third-order valence-corrected chi connectivity index (χ3v) is 5.09. The lowest BCUT2D eigenvalue weighted by atomic mass is 9.61. The van der Waals surface area contributed by atoms with Crippen LogP contribution in [-0.2, 0) is 10.2 Å². The number of rotatable bonds is 3.